The van der Waals surface area contributed by atoms with E-state index in [2.05, 4.69) is 22.1 Å². The van der Waals surface area contributed by atoms with Gasteiger partial charge in [-0.2, -0.15) is 0 Å². The van der Waals surface area contributed by atoms with Crippen LogP contribution in [0.25, 0.3) is 0 Å². The smallest absolute Gasteiger partial charge is 0.232 e. The molecule has 4 heterocycles. The van der Waals surface area contributed by atoms with E-state index in [0.717, 1.165) is 28.8 Å². The quantitative estimate of drug-likeness (QED) is 0.618. The molecule has 6 heteroatoms. The molecule has 3 aromatic rings. The highest BCUT2D eigenvalue weighted by Crippen LogP contribution is 2.27. The number of fused-ring (bicyclic) bond motifs is 9. The molecule has 3 aliphatic heterocycles. The summed E-state index contributed by atoms with van der Waals surface area (Å²) in [4.78, 5) is 28.6. The van der Waals surface area contributed by atoms with Crippen molar-refractivity contribution in [2.45, 2.75) is 19.3 Å². The largest absolute Gasteiger partial charge is 0.398 e. The molecule has 0 aliphatic carbocycles. The average molecular weight is 369 g/mol. The van der Waals surface area contributed by atoms with Gasteiger partial charge in [-0.05, 0) is 41.3 Å². The van der Waals surface area contributed by atoms with Gasteiger partial charge in [-0.1, -0.05) is 24.3 Å². The van der Waals surface area contributed by atoms with Gasteiger partial charge in [0.2, 0.25) is 5.91 Å². The van der Waals surface area contributed by atoms with E-state index >= 15 is 0 Å². The Hall–Kier alpha value is -3.54. The number of aliphatic imine (C=N–C) groups is 1. The summed E-state index contributed by atoms with van der Waals surface area (Å²) in [5.74, 6) is 1.17. The maximum atomic E-state index is 13.2. The number of amidine groups is 1. The first-order valence-corrected chi connectivity index (χ1v) is 9.33. The van der Waals surface area contributed by atoms with Crippen LogP contribution in [0.1, 0.15) is 27.9 Å². The van der Waals surface area contributed by atoms with Crippen molar-refractivity contribution in [3.8, 4) is 0 Å². The Bertz CT molecular complexity index is 1100. The number of aromatic nitrogens is 2. The van der Waals surface area contributed by atoms with E-state index in [9.17, 15) is 4.79 Å². The zero-order valence-electron chi connectivity index (χ0n) is 15.3. The van der Waals surface area contributed by atoms with Gasteiger partial charge < -0.3 is 5.73 Å². The monoisotopic (exact) mass is 369 g/mol. The molecule has 3 aliphatic rings. The summed E-state index contributed by atoms with van der Waals surface area (Å²) in [5.41, 5.74) is 11.7. The fourth-order valence-electron chi connectivity index (χ4n) is 3.72. The highest BCUT2D eigenvalue weighted by molar-refractivity contribution is 6.09. The van der Waals surface area contributed by atoms with Crippen molar-refractivity contribution in [2.24, 2.45) is 4.99 Å². The Morgan fingerprint density at radius 3 is 2.57 bits per heavy atom. The molecular weight excluding hydrogens is 350 g/mol. The lowest BCUT2D eigenvalue weighted by Crippen LogP contribution is -2.40. The Kier molecular flexibility index (Phi) is 3.90. The normalized spacial score (nSPS) is 15.6. The van der Waals surface area contributed by atoms with E-state index in [4.69, 9.17) is 10.7 Å². The number of anilines is 1. The maximum absolute atomic E-state index is 13.2. The molecule has 0 unspecified atom stereocenters. The lowest BCUT2D eigenvalue weighted by molar-refractivity contribution is -0.126. The zero-order valence-corrected chi connectivity index (χ0v) is 15.3. The average Bonchev–Trinajstić information content (AvgIpc) is 2.81. The number of nitrogen functional groups attached to an aromatic ring is 1. The second-order valence-electron chi connectivity index (χ2n) is 7.14. The van der Waals surface area contributed by atoms with Gasteiger partial charge in [0.25, 0.3) is 0 Å². The maximum Gasteiger partial charge on any atom is 0.232 e. The van der Waals surface area contributed by atoms with Gasteiger partial charge in [-0.3, -0.25) is 14.7 Å². The fraction of sp³-hybridized carbons (Fsp3) is 0.182. The summed E-state index contributed by atoms with van der Waals surface area (Å²) in [6.07, 6.45) is 4.95. The van der Waals surface area contributed by atoms with Crippen molar-refractivity contribution in [3.63, 3.8) is 0 Å². The standard InChI is InChI=1S/C22H19N5O/c23-18-6-5-16-12-17(18)13-19-21(25-9-8-24-19)26-22(16)27-10-7-14-1-3-15(4-2-14)11-20(27)28/h1-6,8-9,12H,7,10-11,13,23H2. The molecule has 2 aromatic carbocycles. The molecule has 1 aromatic heterocycles. The molecule has 4 bridgehead atoms. The number of carbonyl (C=O) groups is 1. The number of carbonyl (C=O) groups excluding carboxylic acids is 1. The van der Waals surface area contributed by atoms with E-state index in [1.807, 2.05) is 30.3 Å². The van der Waals surface area contributed by atoms with Crippen molar-refractivity contribution in [3.05, 3.63) is 82.8 Å². The van der Waals surface area contributed by atoms with Gasteiger partial charge in [0.05, 0.1) is 12.1 Å². The number of benzene rings is 2. The summed E-state index contributed by atoms with van der Waals surface area (Å²) >= 11 is 0. The van der Waals surface area contributed by atoms with Crippen LogP contribution in [0, 0.1) is 0 Å². The first-order chi connectivity index (χ1) is 13.7. The second kappa shape index (κ2) is 6.56. The van der Waals surface area contributed by atoms with Crippen molar-refractivity contribution >= 4 is 23.2 Å². The summed E-state index contributed by atoms with van der Waals surface area (Å²) in [5, 5.41) is 0. The van der Waals surface area contributed by atoms with E-state index < -0.39 is 0 Å². The molecule has 2 N–H and O–H groups in total. The molecule has 28 heavy (non-hydrogen) atoms. The summed E-state index contributed by atoms with van der Waals surface area (Å²) in [7, 11) is 0. The molecule has 0 saturated carbocycles. The first-order valence-electron chi connectivity index (χ1n) is 9.33. The van der Waals surface area contributed by atoms with Crippen LogP contribution in [0.2, 0.25) is 0 Å². The number of hydrogen-bond acceptors (Lipinski definition) is 5. The molecule has 6 rings (SSSR count). The number of hydrogen-bond donors (Lipinski definition) is 1. The van der Waals surface area contributed by atoms with E-state index in [0.29, 0.717) is 36.7 Å². The van der Waals surface area contributed by atoms with Crippen molar-refractivity contribution < 1.29 is 4.79 Å². The Labute approximate surface area is 162 Å². The molecule has 0 spiro atoms. The van der Waals surface area contributed by atoms with Crippen molar-refractivity contribution in [2.75, 3.05) is 12.3 Å². The molecule has 0 fully saturated rings. The molecule has 6 nitrogen and oxygen atoms in total. The number of nitrogens with two attached hydrogens (primary N) is 1. The van der Waals surface area contributed by atoms with Gasteiger partial charge in [0, 0.05) is 36.6 Å². The van der Waals surface area contributed by atoms with E-state index in [-0.39, 0.29) is 5.91 Å². The Morgan fingerprint density at radius 2 is 1.71 bits per heavy atom. The van der Waals surface area contributed by atoms with Gasteiger partial charge in [0.1, 0.15) is 5.84 Å². The highest BCUT2D eigenvalue weighted by Gasteiger charge is 2.25. The minimum absolute atomic E-state index is 0.0237. The van der Waals surface area contributed by atoms with E-state index in [1.165, 1.54) is 5.56 Å². The van der Waals surface area contributed by atoms with Crippen LogP contribution in [0.3, 0.4) is 0 Å². The SMILES string of the molecule is Nc1ccc2cc1Cc1nccnc1N=C2N1CCc2ccc(cc2)CC1=O. The van der Waals surface area contributed by atoms with Crippen LogP contribution in [-0.4, -0.2) is 33.2 Å². The van der Waals surface area contributed by atoms with Gasteiger partial charge in [-0.15, -0.1) is 0 Å². The minimum Gasteiger partial charge on any atom is -0.398 e. The van der Waals surface area contributed by atoms with E-state index in [1.54, 1.807) is 17.3 Å². The number of rotatable bonds is 0. The summed E-state index contributed by atoms with van der Waals surface area (Å²) < 4.78 is 0. The minimum atomic E-state index is 0.0237. The topological polar surface area (TPSA) is 84.5 Å². The third-order valence-corrected chi connectivity index (χ3v) is 5.28. The Balaban J connectivity index is 1.65. The summed E-state index contributed by atoms with van der Waals surface area (Å²) in [6, 6.07) is 14.0. The molecule has 1 amide bonds. The van der Waals surface area contributed by atoms with Crippen molar-refractivity contribution in [1.82, 2.24) is 14.9 Å². The van der Waals surface area contributed by atoms with Crippen LogP contribution in [-0.2, 0) is 24.1 Å². The third-order valence-electron chi connectivity index (χ3n) is 5.28. The van der Waals surface area contributed by atoms with Gasteiger partial charge >= 0.3 is 0 Å². The van der Waals surface area contributed by atoms with Crippen LogP contribution < -0.4 is 5.73 Å². The molecule has 0 radical (unpaired) electrons. The molecule has 138 valence electrons. The predicted molar refractivity (Wildman–Crippen MR) is 107 cm³/mol. The van der Waals surface area contributed by atoms with Gasteiger partial charge in [-0.25, -0.2) is 9.98 Å². The lowest BCUT2D eigenvalue weighted by atomic mass is 10.0. The first kappa shape index (κ1) is 16.6. The fourth-order valence-corrected chi connectivity index (χ4v) is 3.72. The second-order valence-corrected chi connectivity index (χ2v) is 7.14. The van der Waals surface area contributed by atoms with Crippen LogP contribution >= 0.6 is 0 Å². The van der Waals surface area contributed by atoms with Crippen LogP contribution in [0.4, 0.5) is 11.5 Å². The van der Waals surface area contributed by atoms with Gasteiger partial charge in [0.15, 0.2) is 5.82 Å². The van der Waals surface area contributed by atoms with Crippen LogP contribution in [0.5, 0.6) is 0 Å². The summed E-state index contributed by atoms with van der Waals surface area (Å²) in [6.45, 7) is 0.560. The number of amides is 1. The van der Waals surface area contributed by atoms with Crippen molar-refractivity contribution in [1.29, 1.82) is 0 Å². The third kappa shape index (κ3) is 2.93. The molecular formula is C22H19N5O. The predicted octanol–water partition coefficient (Wildman–Crippen LogP) is 2.67. The Morgan fingerprint density at radius 1 is 0.929 bits per heavy atom. The zero-order chi connectivity index (χ0) is 19.1. The highest BCUT2D eigenvalue weighted by atomic mass is 16.2. The number of nitrogens with zero attached hydrogens (tertiary/aromatic N) is 4. The van der Waals surface area contributed by atoms with Crippen LogP contribution in [0.15, 0.2) is 59.9 Å². The molecule has 0 atom stereocenters. The lowest BCUT2D eigenvalue weighted by Gasteiger charge is -2.26. The molecule has 0 saturated heterocycles.